The highest BCUT2D eigenvalue weighted by Gasteiger charge is 2.72. The van der Waals surface area contributed by atoms with Gasteiger partial charge in [0.05, 0.1) is 18.1 Å². The van der Waals surface area contributed by atoms with E-state index in [0.717, 1.165) is 5.57 Å². The fourth-order valence-corrected chi connectivity index (χ4v) is 13.8. The summed E-state index contributed by atoms with van der Waals surface area (Å²) in [5.74, 6) is -6.31. The summed E-state index contributed by atoms with van der Waals surface area (Å²) in [6.45, 7) is 12.7. The molecule has 63 heavy (non-hydrogen) atoms. The smallest absolute Gasteiger partial charge is 0.335 e. The van der Waals surface area contributed by atoms with Gasteiger partial charge < -0.3 is 69.6 Å². The van der Waals surface area contributed by atoms with Crippen molar-refractivity contribution in [3.63, 3.8) is 0 Å². The number of ether oxygens (including phenoxy) is 5. The van der Waals surface area contributed by atoms with Crippen LogP contribution in [0.1, 0.15) is 99.8 Å². The number of esters is 1. The van der Waals surface area contributed by atoms with E-state index < -0.39 is 148 Å². The lowest BCUT2D eigenvalue weighted by Crippen LogP contribution is -2.69. The Bertz CT molecular complexity index is 1910. The van der Waals surface area contributed by atoms with Crippen molar-refractivity contribution >= 4 is 29.7 Å². The molecule has 0 amide bonds. The van der Waals surface area contributed by atoms with E-state index in [1.165, 1.54) is 6.92 Å². The molecule has 19 nitrogen and oxygen atoms in total. The summed E-state index contributed by atoms with van der Waals surface area (Å²) in [7, 11) is 0. The molecule has 0 aromatic rings. The molecule has 4 saturated carbocycles. The molecule has 0 aromatic carbocycles. The maximum Gasteiger partial charge on any atom is 0.335 e. The van der Waals surface area contributed by atoms with Crippen molar-refractivity contribution in [3.05, 3.63) is 11.6 Å². The zero-order valence-electron chi connectivity index (χ0n) is 36.7. The summed E-state index contributed by atoms with van der Waals surface area (Å²) < 4.78 is 29.1. The SMILES string of the molecule is CC(=O)OC1CC(C)(C(=O)O)CC2C3=CC(=O)C4C5(C)CCC(OC6OC(C(=O)O)C(O)C(O)C6OC6OC(C(=O)O)C(O)C(O)C6O)C(C)(CO)C5CCC4(C)C3(C)CCC12C. The lowest BCUT2D eigenvalue weighted by molar-refractivity contribution is -0.372. The first kappa shape index (κ1) is 47.8. The summed E-state index contributed by atoms with van der Waals surface area (Å²) in [6.07, 6.45) is -17.0. The fraction of sp³-hybridized carbons (Fsp3) is 0.841. The second-order valence-electron chi connectivity index (χ2n) is 21.1. The molecule has 21 unspecified atom stereocenters. The summed E-state index contributed by atoms with van der Waals surface area (Å²) in [4.78, 5) is 64.3. The molecule has 0 spiro atoms. The van der Waals surface area contributed by atoms with E-state index in [9.17, 15) is 65.1 Å². The number of hydrogen-bond acceptors (Lipinski definition) is 16. The van der Waals surface area contributed by atoms with E-state index in [4.69, 9.17) is 23.7 Å². The molecule has 19 heteroatoms. The molecule has 0 aromatic heterocycles. The van der Waals surface area contributed by atoms with E-state index in [1.807, 2.05) is 13.8 Å². The monoisotopic (exact) mass is 896 g/mol. The van der Waals surface area contributed by atoms with Crippen molar-refractivity contribution in [2.45, 2.75) is 173 Å². The number of ketones is 1. The van der Waals surface area contributed by atoms with Gasteiger partial charge in [0.1, 0.15) is 42.7 Å². The Balaban J connectivity index is 1.21. The predicted molar refractivity (Wildman–Crippen MR) is 212 cm³/mol. The summed E-state index contributed by atoms with van der Waals surface area (Å²) in [5.41, 5.74) is -4.05. The molecule has 21 atom stereocenters. The second-order valence-corrected chi connectivity index (χ2v) is 21.1. The number of carboxylic acid groups (broad SMARTS) is 3. The first-order chi connectivity index (χ1) is 29.1. The molecular formula is C44H64O19. The number of aliphatic hydroxyl groups excluding tert-OH is 6. The van der Waals surface area contributed by atoms with Gasteiger partial charge >= 0.3 is 23.9 Å². The zero-order chi connectivity index (χ0) is 46.7. The minimum Gasteiger partial charge on any atom is -0.481 e. The molecule has 6 fully saturated rings. The van der Waals surface area contributed by atoms with E-state index in [0.29, 0.717) is 32.1 Å². The number of hydrogen-bond donors (Lipinski definition) is 9. The lowest BCUT2D eigenvalue weighted by atomic mass is 9.33. The van der Waals surface area contributed by atoms with Crippen LogP contribution < -0.4 is 0 Å². The van der Waals surface area contributed by atoms with Crippen molar-refractivity contribution in [2.24, 2.45) is 50.2 Å². The second kappa shape index (κ2) is 16.0. The Hall–Kier alpha value is -3.11. The first-order valence-corrected chi connectivity index (χ1v) is 21.9. The molecule has 5 aliphatic carbocycles. The Morgan fingerprint density at radius 1 is 0.714 bits per heavy atom. The van der Waals surface area contributed by atoms with E-state index in [1.54, 1.807) is 19.9 Å². The van der Waals surface area contributed by atoms with Crippen LogP contribution in [-0.4, -0.2) is 156 Å². The Morgan fingerprint density at radius 3 is 1.89 bits per heavy atom. The van der Waals surface area contributed by atoms with Gasteiger partial charge in [-0.2, -0.15) is 0 Å². The van der Waals surface area contributed by atoms with Crippen LogP contribution in [0.5, 0.6) is 0 Å². The number of rotatable bonds is 9. The highest BCUT2D eigenvalue weighted by molar-refractivity contribution is 5.95. The van der Waals surface area contributed by atoms with Gasteiger partial charge in [0.2, 0.25) is 0 Å². The Kier molecular flexibility index (Phi) is 12.2. The minimum atomic E-state index is -2.12. The summed E-state index contributed by atoms with van der Waals surface area (Å²) in [5, 5.41) is 94.8. The van der Waals surface area contributed by atoms with E-state index in [2.05, 4.69) is 13.8 Å². The highest BCUT2D eigenvalue weighted by Crippen LogP contribution is 2.75. The molecule has 2 heterocycles. The van der Waals surface area contributed by atoms with Crippen molar-refractivity contribution in [1.82, 2.24) is 0 Å². The van der Waals surface area contributed by atoms with E-state index in [-0.39, 0.29) is 31.0 Å². The number of allylic oxidation sites excluding steroid dienone is 2. The van der Waals surface area contributed by atoms with Gasteiger partial charge in [-0.05, 0) is 86.0 Å². The van der Waals surface area contributed by atoms with Crippen LogP contribution in [0.25, 0.3) is 0 Å². The molecule has 7 aliphatic rings. The molecular weight excluding hydrogens is 832 g/mol. The van der Waals surface area contributed by atoms with Crippen LogP contribution in [0.4, 0.5) is 0 Å². The number of aliphatic hydroxyl groups is 6. The van der Waals surface area contributed by atoms with Gasteiger partial charge in [0.25, 0.3) is 0 Å². The van der Waals surface area contributed by atoms with Crippen LogP contribution >= 0.6 is 0 Å². The molecule has 354 valence electrons. The largest absolute Gasteiger partial charge is 0.481 e. The number of carboxylic acids is 3. The van der Waals surface area contributed by atoms with Crippen LogP contribution in [0.3, 0.4) is 0 Å². The van der Waals surface area contributed by atoms with Gasteiger partial charge in [0, 0.05) is 30.1 Å². The first-order valence-electron chi connectivity index (χ1n) is 21.9. The number of fused-ring (bicyclic) bond motifs is 7. The zero-order valence-corrected chi connectivity index (χ0v) is 36.7. The molecule has 9 N–H and O–H groups in total. The van der Waals surface area contributed by atoms with Crippen molar-refractivity contribution in [3.8, 4) is 0 Å². The standard InChI is InChI=1S/C44H64O19/c1-18(46)59-24-16-39(2,38(57)58)15-20-19-14-21(47)33-41(4)10-9-23(42(5,17-45)22(41)8-11-44(33,7)43(19,6)13-12-40(20,24)3)60-37-32(28(51)27(50)31(62-37)35(55)56)63-36-29(52)25(48)26(49)30(61-36)34(53)54/h14,20,22-33,36-37,45,48-52H,8-13,15-17H2,1-7H3,(H,53,54)(H,55,56)(H,57,58). The third-order valence-electron chi connectivity index (χ3n) is 17.7. The quantitative estimate of drug-likeness (QED) is 0.114. The summed E-state index contributed by atoms with van der Waals surface area (Å²) >= 11 is 0. The van der Waals surface area contributed by atoms with Gasteiger partial charge in [-0.1, -0.05) is 40.2 Å². The van der Waals surface area contributed by atoms with Gasteiger partial charge in [-0.25, -0.2) is 9.59 Å². The third-order valence-corrected chi connectivity index (χ3v) is 17.7. The normalized spacial score (nSPS) is 51.9. The number of carbonyl (C=O) groups excluding carboxylic acids is 2. The fourth-order valence-electron chi connectivity index (χ4n) is 13.8. The van der Waals surface area contributed by atoms with Gasteiger partial charge in [-0.15, -0.1) is 0 Å². The van der Waals surface area contributed by atoms with Crippen molar-refractivity contribution in [2.75, 3.05) is 6.61 Å². The number of aliphatic carboxylic acids is 3. The molecule has 2 aliphatic heterocycles. The van der Waals surface area contributed by atoms with Crippen LogP contribution in [0.15, 0.2) is 11.6 Å². The van der Waals surface area contributed by atoms with Crippen LogP contribution in [-0.2, 0) is 47.7 Å². The minimum absolute atomic E-state index is 0.115. The molecule has 7 rings (SSSR count). The number of carbonyl (C=O) groups is 5. The van der Waals surface area contributed by atoms with Crippen LogP contribution in [0.2, 0.25) is 0 Å². The molecule has 0 radical (unpaired) electrons. The van der Waals surface area contributed by atoms with Crippen molar-refractivity contribution < 1.29 is 93.6 Å². The lowest BCUT2D eigenvalue weighted by Gasteiger charge is -2.71. The van der Waals surface area contributed by atoms with Crippen molar-refractivity contribution in [1.29, 1.82) is 0 Å². The summed E-state index contributed by atoms with van der Waals surface area (Å²) in [6, 6.07) is 0. The van der Waals surface area contributed by atoms with Crippen LogP contribution in [0, 0.1) is 50.2 Å². The Labute approximate surface area is 364 Å². The average molecular weight is 897 g/mol. The Morgan fingerprint density at radius 2 is 1.32 bits per heavy atom. The average Bonchev–Trinajstić information content (AvgIpc) is 3.19. The maximum atomic E-state index is 15.0. The predicted octanol–water partition coefficient (Wildman–Crippen LogP) is 0.760. The molecule has 2 saturated heterocycles. The van der Waals surface area contributed by atoms with Gasteiger partial charge in [0.15, 0.2) is 30.6 Å². The highest BCUT2D eigenvalue weighted by atomic mass is 16.8. The van der Waals surface area contributed by atoms with Gasteiger partial charge in [-0.3, -0.25) is 14.4 Å². The maximum absolute atomic E-state index is 15.0. The third kappa shape index (κ3) is 7.10. The topological polar surface area (TPSA) is 314 Å². The van der Waals surface area contributed by atoms with E-state index >= 15 is 4.79 Å². The molecule has 0 bridgehead atoms.